The largest absolute Gasteiger partial charge is 0.497 e. The van der Waals surface area contributed by atoms with Crippen molar-refractivity contribution >= 4 is 23.4 Å². The second-order valence-corrected chi connectivity index (χ2v) is 8.86. The van der Waals surface area contributed by atoms with Crippen LogP contribution in [0.2, 0.25) is 5.02 Å². The number of aliphatic hydroxyl groups is 1. The maximum atomic E-state index is 13.2. The first-order valence-electron chi connectivity index (χ1n) is 10.8. The van der Waals surface area contributed by atoms with Gasteiger partial charge in [0, 0.05) is 5.02 Å². The van der Waals surface area contributed by atoms with E-state index in [1.54, 1.807) is 36.4 Å². The third kappa shape index (κ3) is 8.12. The number of amides is 2. The summed E-state index contributed by atoms with van der Waals surface area (Å²) in [6.45, 7) is 2.86. The van der Waals surface area contributed by atoms with Crippen molar-refractivity contribution in [2.45, 2.75) is 50.7 Å². The topological polar surface area (TPSA) is 114 Å². The highest BCUT2D eigenvalue weighted by Gasteiger charge is 2.45. The molecular formula is C24H29ClF3N3O4. The Bertz CT molecular complexity index is 1020. The maximum Gasteiger partial charge on any atom is 0.416 e. The van der Waals surface area contributed by atoms with Gasteiger partial charge in [0.25, 0.3) is 0 Å². The van der Waals surface area contributed by atoms with Gasteiger partial charge in [0.05, 0.1) is 19.2 Å². The summed E-state index contributed by atoms with van der Waals surface area (Å²) < 4.78 is 44.7. The molecule has 0 unspecified atom stereocenters. The number of carbonyl (C=O) groups excluding carboxylic acids is 2. The fraction of sp³-hybridized carbons (Fsp3) is 0.417. The summed E-state index contributed by atoms with van der Waals surface area (Å²) in [7, 11) is 1.40. The molecule has 2 aromatic rings. The highest BCUT2D eigenvalue weighted by molar-refractivity contribution is 6.30. The van der Waals surface area contributed by atoms with Gasteiger partial charge in [-0.3, -0.25) is 9.59 Å². The molecule has 0 saturated heterocycles. The summed E-state index contributed by atoms with van der Waals surface area (Å²) in [5.41, 5.74) is 6.99. The van der Waals surface area contributed by atoms with Crippen LogP contribution in [0.3, 0.4) is 0 Å². The number of aliphatic hydroxyl groups excluding tert-OH is 1. The van der Waals surface area contributed by atoms with E-state index < -0.39 is 48.1 Å². The number of halogens is 4. The Kier molecular flexibility index (Phi) is 9.93. The summed E-state index contributed by atoms with van der Waals surface area (Å²) in [5.74, 6) is -2.04. The van der Waals surface area contributed by atoms with Gasteiger partial charge in [0.2, 0.25) is 11.8 Å². The first-order valence-corrected chi connectivity index (χ1v) is 11.2. The van der Waals surface area contributed by atoms with E-state index in [-0.39, 0.29) is 12.0 Å². The number of methoxy groups -OCH3 is 1. The quantitative estimate of drug-likeness (QED) is 0.388. The third-order valence-corrected chi connectivity index (χ3v) is 5.60. The molecule has 0 aliphatic heterocycles. The van der Waals surface area contributed by atoms with E-state index in [9.17, 15) is 27.9 Å². The summed E-state index contributed by atoms with van der Waals surface area (Å²) in [6.07, 6.45) is -7.63. The molecule has 35 heavy (non-hydrogen) atoms. The first-order chi connectivity index (χ1) is 16.3. The van der Waals surface area contributed by atoms with Crippen LogP contribution < -0.4 is 21.1 Å². The van der Waals surface area contributed by atoms with E-state index in [0.717, 1.165) is 0 Å². The fourth-order valence-electron chi connectivity index (χ4n) is 3.44. The second-order valence-electron chi connectivity index (χ2n) is 8.42. The molecule has 2 aromatic carbocycles. The van der Waals surface area contributed by atoms with Crippen LogP contribution in [-0.4, -0.2) is 48.4 Å². The van der Waals surface area contributed by atoms with Crippen molar-refractivity contribution in [3.05, 3.63) is 64.7 Å². The molecule has 0 bridgehead atoms. The van der Waals surface area contributed by atoms with Crippen LogP contribution in [0.25, 0.3) is 0 Å². The molecule has 2 amide bonds. The Morgan fingerprint density at radius 1 is 1.09 bits per heavy atom. The molecule has 0 aromatic heterocycles. The summed E-state index contributed by atoms with van der Waals surface area (Å²) in [6, 6.07) is 8.79. The van der Waals surface area contributed by atoms with Gasteiger partial charge in [-0.15, -0.1) is 0 Å². The van der Waals surface area contributed by atoms with E-state index in [4.69, 9.17) is 22.1 Å². The van der Waals surface area contributed by atoms with Gasteiger partial charge >= 0.3 is 6.18 Å². The van der Waals surface area contributed by atoms with E-state index >= 15 is 0 Å². The summed E-state index contributed by atoms with van der Waals surface area (Å²) >= 11 is 5.97. The molecule has 2 rings (SSSR count). The van der Waals surface area contributed by atoms with Crippen LogP contribution in [0.1, 0.15) is 31.0 Å². The Morgan fingerprint density at radius 3 is 2.31 bits per heavy atom. The number of rotatable bonds is 10. The molecule has 7 nitrogen and oxygen atoms in total. The Hall–Kier alpha value is -2.82. The fourth-order valence-corrected chi connectivity index (χ4v) is 3.66. The van der Waals surface area contributed by atoms with Gasteiger partial charge in [0.15, 0.2) is 6.10 Å². The lowest BCUT2D eigenvalue weighted by atomic mass is 9.96. The zero-order valence-corrected chi connectivity index (χ0v) is 20.2. The molecule has 0 saturated carbocycles. The number of benzene rings is 2. The van der Waals surface area contributed by atoms with Crippen molar-refractivity contribution in [1.29, 1.82) is 0 Å². The summed E-state index contributed by atoms with van der Waals surface area (Å²) in [5, 5.41) is 15.0. The number of nitrogens with two attached hydrogens (primary N) is 1. The highest BCUT2D eigenvalue weighted by atomic mass is 35.5. The molecule has 0 aliphatic carbocycles. The SMILES string of the molecule is COc1cccc([C@H](NC(=O)[C@@H](N)Cc2cccc(Cl)c2)C(=O)N[C@@H](C(C)C)[C@H](O)C(F)(F)F)c1. The van der Waals surface area contributed by atoms with Crippen LogP contribution in [0.5, 0.6) is 5.75 Å². The lowest BCUT2D eigenvalue weighted by Gasteiger charge is -2.31. The van der Waals surface area contributed by atoms with Gasteiger partial charge in [0.1, 0.15) is 11.8 Å². The average Bonchev–Trinajstić information content (AvgIpc) is 2.79. The zero-order chi connectivity index (χ0) is 26.3. The monoisotopic (exact) mass is 515 g/mol. The Morgan fingerprint density at radius 2 is 1.74 bits per heavy atom. The van der Waals surface area contributed by atoms with Gasteiger partial charge in [-0.05, 0) is 47.7 Å². The predicted octanol–water partition coefficient (Wildman–Crippen LogP) is 3.14. The normalized spacial score (nSPS) is 15.1. The molecule has 0 aliphatic rings. The minimum Gasteiger partial charge on any atom is -0.497 e. The zero-order valence-electron chi connectivity index (χ0n) is 19.5. The van der Waals surface area contributed by atoms with Crippen LogP contribution in [0.15, 0.2) is 48.5 Å². The molecule has 0 heterocycles. The predicted molar refractivity (Wildman–Crippen MR) is 126 cm³/mol. The lowest BCUT2D eigenvalue weighted by Crippen LogP contribution is -2.56. The number of hydrogen-bond acceptors (Lipinski definition) is 5. The van der Waals surface area contributed by atoms with Crippen LogP contribution >= 0.6 is 11.6 Å². The standard InChI is InChI=1S/C24H29ClF3N3O4/c1-13(2)19(21(32)24(26,27)28)30-23(34)20(15-7-5-9-17(12-15)35-3)31-22(33)18(29)11-14-6-4-8-16(25)10-14/h4-10,12-13,18-21,32H,11,29H2,1-3H3,(H,30,34)(H,31,33)/t18-,19-,20-,21-/m0/s1. The number of alkyl halides is 3. The summed E-state index contributed by atoms with van der Waals surface area (Å²) in [4.78, 5) is 26.0. The van der Waals surface area contributed by atoms with Gasteiger partial charge in [-0.2, -0.15) is 13.2 Å². The van der Waals surface area contributed by atoms with Gasteiger partial charge < -0.3 is 26.2 Å². The van der Waals surface area contributed by atoms with Crippen molar-refractivity contribution in [3.8, 4) is 5.75 Å². The minimum atomic E-state index is -4.95. The molecule has 192 valence electrons. The van der Waals surface area contributed by atoms with Gasteiger partial charge in [-0.1, -0.05) is 49.7 Å². The lowest BCUT2D eigenvalue weighted by molar-refractivity contribution is -0.215. The number of carbonyl (C=O) groups is 2. The Balaban J connectivity index is 2.30. The highest BCUT2D eigenvalue weighted by Crippen LogP contribution is 2.27. The molecule has 5 N–H and O–H groups in total. The van der Waals surface area contributed by atoms with E-state index in [0.29, 0.717) is 16.3 Å². The van der Waals surface area contributed by atoms with Crippen molar-refractivity contribution in [2.75, 3.05) is 7.11 Å². The van der Waals surface area contributed by atoms with E-state index in [1.807, 2.05) is 0 Å². The Labute approximate surface area is 206 Å². The van der Waals surface area contributed by atoms with Crippen molar-refractivity contribution in [1.82, 2.24) is 10.6 Å². The van der Waals surface area contributed by atoms with Crippen LogP contribution in [0, 0.1) is 5.92 Å². The molecule has 11 heteroatoms. The smallest absolute Gasteiger partial charge is 0.416 e. The van der Waals surface area contributed by atoms with E-state index in [2.05, 4.69) is 10.6 Å². The van der Waals surface area contributed by atoms with Crippen LogP contribution in [-0.2, 0) is 16.0 Å². The number of ether oxygens (including phenoxy) is 1. The second kappa shape index (κ2) is 12.2. The van der Waals surface area contributed by atoms with Crippen molar-refractivity contribution in [3.63, 3.8) is 0 Å². The molecule has 0 radical (unpaired) electrons. The van der Waals surface area contributed by atoms with E-state index in [1.165, 1.54) is 33.1 Å². The first kappa shape index (κ1) is 28.4. The number of hydrogen-bond donors (Lipinski definition) is 4. The van der Waals surface area contributed by atoms with Crippen LogP contribution in [0.4, 0.5) is 13.2 Å². The molecule has 0 spiro atoms. The molecule has 0 fully saturated rings. The average molecular weight is 516 g/mol. The van der Waals surface area contributed by atoms with Gasteiger partial charge in [-0.25, -0.2) is 0 Å². The number of nitrogens with one attached hydrogen (secondary N) is 2. The molecule has 4 atom stereocenters. The third-order valence-electron chi connectivity index (χ3n) is 5.36. The van der Waals surface area contributed by atoms with Crippen molar-refractivity contribution < 1.29 is 32.6 Å². The maximum absolute atomic E-state index is 13.2. The molecular weight excluding hydrogens is 487 g/mol. The van der Waals surface area contributed by atoms with Crippen molar-refractivity contribution in [2.24, 2.45) is 11.7 Å². The minimum absolute atomic E-state index is 0.111.